The van der Waals surface area contributed by atoms with Crippen molar-refractivity contribution in [1.82, 2.24) is 5.32 Å². The Bertz CT molecular complexity index is 600. The number of quaternary nitrogens is 1. The van der Waals surface area contributed by atoms with Gasteiger partial charge in [-0.2, -0.15) is 0 Å². The first-order valence-electron chi connectivity index (χ1n) is 15.4. The van der Waals surface area contributed by atoms with E-state index in [9.17, 15) is 14.3 Å². The summed E-state index contributed by atoms with van der Waals surface area (Å²) in [4.78, 5) is 23.7. The van der Waals surface area contributed by atoms with Gasteiger partial charge < -0.3 is 28.5 Å². The van der Waals surface area contributed by atoms with E-state index in [1.807, 2.05) is 21.1 Å². The van der Waals surface area contributed by atoms with Gasteiger partial charge in [-0.3, -0.25) is 4.57 Å². The minimum absolute atomic E-state index is 0.0461. The first-order chi connectivity index (χ1) is 18.1. The van der Waals surface area contributed by atoms with Crippen LogP contribution in [0.15, 0.2) is 0 Å². The molecule has 38 heavy (non-hydrogen) atoms. The van der Waals surface area contributed by atoms with Gasteiger partial charge in [-0.1, -0.05) is 116 Å². The van der Waals surface area contributed by atoms with E-state index in [1.165, 1.54) is 103 Å². The van der Waals surface area contributed by atoms with Gasteiger partial charge in [0.2, 0.25) is 0 Å². The number of amides is 1. The van der Waals surface area contributed by atoms with Gasteiger partial charge >= 0.3 is 6.09 Å². The second-order valence-corrected chi connectivity index (χ2v) is 13.1. The topological polar surface area (TPSA) is 96.9 Å². The van der Waals surface area contributed by atoms with Crippen LogP contribution >= 0.6 is 7.82 Å². The van der Waals surface area contributed by atoms with Crippen LogP contribution in [-0.2, 0) is 18.3 Å². The van der Waals surface area contributed by atoms with Gasteiger partial charge in [0.05, 0.1) is 27.7 Å². The first kappa shape index (κ1) is 37.3. The maximum Gasteiger partial charge on any atom is 0.407 e. The predicted octanol–water partition coefficient (Wildman–Crippen LogP) is 7.35. The van der Waals surface area contributed by atoms with Gasteiger partial charge in [0.15, 0.2) is 0 Å². The van der Waals surface area contributed by atoms with Crippen molar-refractivity contribution in [2.75, 3.05) is 47.9 Å². The summed E-state index contributed by atoms with van der Waals surface area (Å²) < 4.78 is 27.9. The van der Waals surface area contributed by atoms with Gasteiger partial charge in [-0.25, -0.2) is 4.79 Å². The number of phosphoric acid groups is 1. The summed E-state index contributed by atoms with van der Waals surface area (Å²) in [6.45, 7) is 2.63. The minimum atomic E-state index is -4.43. The van der Waals surface area contributed by atoms with E-state index < -0.39 is 20.0 Å². The maximum atomic E-state index is 12.0. The first-order valence-corrected chi connectivity index (χ1v) is 16.8. The van der Waals surface area contributed by atoms with E-state index in [4.69, 9.17) is 13.8 Å². The van der Waals surface area contributed by atoms with Gasteiger partial charge in [0, 0.05) is 7.05 Å². The SMILES string of the molecule is CCCCCCCCCCCCCCCCCCCCC(COP(=O)([O-])OCC[N+](C)(C)C)OC(=O)NC. The maximum absolute atomic E-state index is 12.0. The number of likely N-dealkylation sites (N-methyl/N-ethyl adjacent to an activating group) is 1. The lowest BCUT2D eigenvalue weighted by Gasteiger charge is -2.28. The van der Waals surface area contributed by atoms with Crippen LogP contribution in [0.3, 0.4) is 0 Å². The van der Waals surface area contributed by atoms with Crippen LogP contribution in [0.1, 0.15) is 129 Å². The molecule has 228 valence electrons. The monoisotopic (exact) mass is 564 g/mol. The van der Waals surface area contributed by atoms with Crippen molar-refractivity contribution in [2.45, 2.75) is 135 Å². The molecular weight excluding hydrogens is 503 g/mol. The largest absolute Gasteiger partial charge is 0.756 e. The standard InChI is InChI=1S/C29H61N2O6P/c1-6-7-8-9-10-11-12-13-14-15-16-17-18-19-20-21-22-23-24-28(37-29(32)30-2)27-36-38(33,34)35-26-25-31(3,4)5/h28H,6-27H2,1-5H3,(H-,30,32,33,34). The molecule has 0 radical (unpaired) electrons. The van der Waals surface area contributed by atoms with E-state index in [1.54, 1.807) is 0 Å². The van der Waals surface area contributed by atoms with Crippen molar-refractivity contribution >= 4 is 13.9 Å². The van der Waals surface area contributed by atoms with Crippen LogP contribution in [0.4, 0.5) is 4.79 Å². The van der Waals surface area contributed by atoms with Crippen molar-refractivity contribution in [2.24, 2.45) is 0 Å². The summed E-state index contributed by atoms with van der Waals surface area (Å²) >= 11 is 0. The van der Waals surface area contributed by atoms with E-state index in [0.717, 1.165) is 19.3 Å². The lowest BCUT2D eigenvalue weighted by Crippen LogP contribution is -2.37. The Hall–Kier alpha value is -0.660. The molecule has 0 saturated carbocycles. The molecule has 8 nitrogen and oxygen atoms in total. The lowest BCUT2D eigenvalue weighted by molar-refractivity contribution is -0.870. The summed E-state index contributed by atoms with van der Waals surface area (Å²) in [7, 11) is 2.89. The predicted molar refractivity (Wildman–Crippen MR) is 155 cm³/mol. The van der Waals surface area contributed by atoms with E-state index >= 15 is 0 Å². The Balaban J connectivity index is 3.80. The Morgan fingerprint density at radius 1 is 0.763 bits per heavy atom. The zero-order chi connectivity index (χ0) is 28.5. The highest BCUT2D eigenvalue weighted by molar-refractivity contribution is 7.45. The summed E-state index contributed by atoms with van der Waals surface area (Å²) in [6, 6.07) is 0. The minimum Gasteiger partial charge on any atom is -0.756 e. The molecule has 0 heterocycles. The molecule has 0 aromatic heterocycles. The number of ether oxygens (including phenoxy) is 1. The van der Waals surface area contributed by atoms with Crippen LogP contribution in [0, 0.1) is 0 Å². The Morgan fingerprint density at radius 3 is 1.58 bits per heavy atom. The number of hydrogen-bond donors (Lipinski definition) is 1. The van der Waals surface area contributed by atoms with Crippen LogP contribution in [0.2, 0.25) is 0 Å². The molecule has 0 spiro atoms. The number of carbonyl (C=O) groups excluding carboxylic acids is 1. The molecule has 0 fully saturated rings. The van der Waals surface area contributed by atoms with Crippen molar-refractivity contribution in [3.8, 4) is 0 Å². The molecule has 0 bridgehead atoms. The van der Waals surface area contributed by atoms with Crippen molar-refractivity contribution in [3.63, 3.8) is 0 Å². The molecule has 1 N–H and O–H groups in total. The highest BCUT2D eigenvalue weighted by Gasteiger charge is 2.19. The molecule has 0 aliphatic rings. The number of rotatable bonds is 27. The molecule has 1 amide bonds. The average Bonchev–Trinajstić information content (AvgIpc) is 2.85. The third kappa shape index (κ3) is 26.9. The van der Waals surface area contributed by atoms with Gasteiger partial charge in [0.1, 0.15) is 19.3 Å². The van der Waals surface area contributed by atoms with Gasteiger partial charge in [0.25, 0.3) is 7.82 Å². The third-order valence-electron chi connectivity index (χ3n) is 6.79. The average molecular weight is 565 g/mol. The molecule has 9 heteroatoms. The molecule has 0 aliphatic carbocycles. The third-order valence-corrected chi connectivity index (χ3v) is 7.75. The van der Waals surface area contributed by atoms with E-state index in [2.05, 4.69) is 12.2 Å². The van der Waals surface area contributed by atoms with Crippen molar-refractivity contribution < 1.29 is 32.5 Å². The molecule has 0 rings (SSSR count). The molecule has 2 unspecified atom stereocenters. The zero-order valence-corrected chi connectivity index (χ0v) is 26.4. The fraction of sp³-hybridized carbons (Fsp3) is 0.966. The number of nitrogens with zero attached hydrogens (tertiary/aromatic N) is 1. The summed E-state index contributed by atoms with van der Waals surface area (Å²) in [5, 5.41) is 2.41. The molecule has 0 aromatic rings. The smallest absolute Gasteiger partial charge is 0.407 e. The Labute approximate surface area is 234 Å². The molecule has 0 aromatic carbocycles. The molecule has 2 atom stereocenters. The van der Waals surface area contributed by atoms with Crippen molar-refractivity contribution in [3.05, 3.63) is 0 Å². The van der Waals surface area contributed by atoms with Crippen LogP contribution in [-0.4, -0.2) is 64.6 Å². The number of nitrogens with one attached hydrogen (secondary N) is 1. The fourth-order valence-corrected chi connectivity index (χ4v) is 5.03. The Morgan fingerprint density at radius 2 is 1.18 bits per heavy atom. The highest BCUT2D eigenvalue weighted by atomic mass is 31.2. The van der Waals surface area contributed by atoms with Crippen LogP contribution in [0.5, 0.6) is 0 Å². The summed E-state index contributed by atoms with van der Waals surface area (Å²) in [5.74, 6) is 0. The number of alkyl carbamates (subject to hydrolysis) is 1. The van der Waals surface area contributed by atoms with Crippen LogP contribution in [0.25, 0.3) is 0 Å². The highest BCUT2D eigenvalue weighted by Crippen LogP contribution is 2.38. The van der Waals surface area contributed by atoms with E-state index in [-0.39, 0.29) is 13.2 Å². The lowest BCUT2D eigenvalue weighted by atomic mass is 10.0. The second-order valence-electron chi connectivity index (χ2n) is 11.7. The number of carbonyl (C=O) groups is 1. The van der Waals surface area contributed by atoms with E-state index in [0.29, 0.717) is 17.4 Å². The van der Waals surface area contributed by atoms with Gasteiger partial charge in [-0.05, 0) is 12.8 Å². The summed E-state index contributed by atoms with van der Waals surface area (Å²) in [6.07, 6.45) is 22.8. The van der Waals surface area contributed by atoms with Gasteiger partial charge in [-0.15, -0.1) is 0 Å². The van der Waals surface area contributed by atoms with Crippen molar-refractivity contribution in [1.29, 1.82) is 0 Å². The molecular formula is C29H61N2O6P. The Kier molecular flexibility index (Phi) is 23.7. The second kappa shape index (κ2) is 24.2. The number of hydrogen-bond acceptors (Lipinski definition) is 6. The van der Waals surface area contributed by atoms with Crippen LogP contribution < -0.4 is 10.2 Å². The number of unbranched alkanes of at least 4 members (excludes halogenated alkanes) is 17. The molecule has 0 saturated heterocycles. The fourth-order valence-electron chi connectivity index (χ4n) is 4.30. The quantitative estimate of drug-likeness (QED) is 0.0636. The molecule has 0 aliphatic heterocycles. The normalized spacial score (nSPS) is 14.3. The zero-order valence-electron chi connectivity index (χ0n) is 25.5. The number of phosphoric ester groups is 1. The summed E-state index contributed by atoms with van der Waals surface area (Å²) in [5.41, 5.74) is 0.